The molecule has 0 radical (unpaired) electrons. The summed E-state index contributed by atoms with van der Waals surface area (Å²) in [6.45, 7) is 0.502. The lowest BCUT2D eigenvalue weighted by atomic mass is 9.94. The third-order valence-corrected chi connectivity index (χ3v) is 3.35. The molecule has 21 heavy (non-hydrogen) atoms. The largest absolute Gasteiger partial charge is 0.481 e. The van der Waals surface area contributed by atoms with Crippen LogP contribution in [0.1, 0.15) is 18.4 Å². The molecule has 2 rings (SSSR count). The van der Waals surface area contributed by atoms with Gasteiger partial charge in [-0.2, -0.15) is 0 Å². The summed E-state index contributed by atoms with van der Waals surface area (Å²) in [4.78, 5) is 22.9. The van der Waals surface area contributed by atoms with Crippen molar-refractivity contribution >= 4 is 11.9 Å². The molecule has 2 N–H and O–H groups in total. The van der Waals surface area contributed by atoms with Crippen LogP contribution in [0.15, 0.2) is 18.2 Å². The summed E-state index contributed by atoms with van der Waals surface area (Å²) in [6, 6.07) is 3.21. The van der Waals surface area contributed by atoms with Crippen molar-refractivity contribution in [3.63, 3.8) is 0 Å². The number of rotatable bonds is 5. The minimum atomic E-state index is -1.03. The van der Waals surface area contributed by atoms with E-state index in [1.54, 1.807) is 0 Å². The zero-order valence-corrected chi connectivity index (χ0v) is 11.2. The van der Waals surface area contributed by atoms with Gasteiger partial charge in [0.1, 0.15) is 0 Å². The van der Waals surface area contributed by atoms with Gasteiger partial charge in [-0.3, -0.25) is 9.59 Å². The van der Waals surface area contributed by atoms with Crippen LogP contribution in [0, 0.1) is 11.6 Å². The van der Waals surface area contributed by atoms with Crippen molar-refractivity contribution in [3.8, 4) is 0 Å². The molecule has 0 aliphatic carbocycles. The average molecular weight is 299 g/mol. The summed E-state index contributed by atoms with van der Waals surface area (Å²) in [5.74, 6) is -3.49. The maximum atomic E-state index is 13.1. The Morgan fingerprint density at radius 3 is 2.67 bits per heavy atom. The summed E-state index contributed by atoms with van der Waals surface area (Å²) >= 11 is 0. The highest BCUT2D eigenvalue weighted by molar-refractivity contribution is 5.80. The van der Waals surface area contributed by atoms with Crippen molar-refractivity contribution in [2.75, 3.05) is 13.2 Å². The van der Waals surface area contributed by atoms with E-state index < -0.39 is 29.0 Å². The second-order valence-electron chi connectivity index (χ2n) is 5.13. The quantitative estimate of drug-likeness (QED) is 0.858. The van der Waals surface area contributed by atoms with Gasteiger partial charge in [0.2, 0.25) is 5.91 Å². The van der Waals surface area contributed by atoms with Crippen LogP contribution in [-0.4, -0.2) is 35.7 Å². The zero-order valence-electron chi connectivity index (χ0n) is 11.2. The van der Waals surface area contributed by atoms with Gasteiger partial charge in [-0.25, -0.2) is 8.78 Å². The van der Waals surface area contributed by atoms with Crippen molar-refractivity contribution in [2.24, 2.45) is 0 Å². The van der Waals surface area contributed by atoms with Crippen molar-refractivity contribution in [1.29, 1.82) is 0 Å². The van der Waals surface area contributed by atoms with E-state index in [4.69, 9.17) is 9.84 Å². The average Bonchev–Trinajstić information content (AvgIpc) is 2.80. The fraction of sp³-hybridized carbons (Fsp3) is 0.429. The van der Waals surface area contributed by atoms with Gasteiger partial charge in [0, 0.05) is 6.61 Å². The summed E-state index contributed by atoms with van der Waals surface area (Å²) in [5, 5.41) is 11.6. The number of aliphatic carboxylic acids is 1. The van der Waals surface area contributed by atoms with E-state index in [0.29, 0.717) is 18.6 Å². The number of ether oxygens (including phenoxy) is 1. The van der Waals surface area contributed by atoms with Crippen LogP contribution in [0.5, 0.6) is 0 Å². The standard InChI is InChI=1S/C14H15F2NO4/c15-10-2-1-9(5-11(10)16)6-12(18)17-14(7-13(19)20)3-4-21-8-14/h1-2,5H,3-4,6-8H2,(H,17,18)(H,19,20). The van der Waals surface area contributed by atoms with E-state index in [2.05, 4.69) is 5.32 Å². The Kier molecular flexibility index (Phi) is 4.52. The van der Waals surface area contributed by atoms with Crippen molar-refractivity contribution in [3.05, 3.63) is 35.4 Å². The second kappa shape index (κ2) is 6.17. The number of carboxylic acids is 1. The molecular formula is C14H15F2NO4. The molecule has 1 aromatic rings. The molecule has 1 unspecified atom stereocenters. The van der Waals surface area contributed by atoms with Crippen LogP contribution in [-0.2, 0) is 20.7 Å². The lowest BCUT2D eigenvalue weighted by molar-refractivity contribution is -0.139. The number of halogens is 2. The predicted molar refractivity (Wildman–Crippen MR) is 68.6 cm³/mol. The molecule has 1 heterocycles. The molecule has 1 aliphatic heterocycles. The SMILES string of the molecule is O=C(O)CC1(NC(=O)Cc2ccc(F)c(F)c2)CCOC1. The van der Waals surface area contributed by atoms with Crippen LogP contribution in [0.2, 0.25) is 0 Å². The van der Waals surface area contributed by atoms with Crippen LogP contribution in [0.4, 0.5) is 8.78 Å². The Labute approximate surface area is 119 Å². The number of amides is 1. The first-order valence-electron chi connectivity index (χ1n) is 6.45. The molecule has 0 spiro atoms. The van der Waals surface area contributed by atoms with Gasteiger partial charge in [0.05, 0.1) is 25.0 Å². The van der Waals surface area contributed by atoms with Gasteiger partial charge in [0.25, 0.3) is 0 Å². The molecule has 1 aliphatic rings. The zero-order chi connectivity index (χ0) is 15.5. The number of nitrogens with one attached hydrogen (secondary N) is 1. The van der Waals surface area contributed by atoms with Crippen LogP contribution in [0.3, 0.4) is 0 Å². The van der Waals surface area contributed by atoms with E-state index in [-0.39, 0.29) is 19.4 Å². The molecule has 0 bridgehead atoms. The Balaban J connectivity index is 2.02. The molecular weight excluding hydrogens is 284 g/mol. The summed E-state index contributed by atoms with van der Waals surface area (Å²) in [7, 11) is 0. The monoisotopic (exact) mass is 299 g/mol. The minimum Gasteiger partial charge on any atom is -0.481 e. The van der Waals surface area contributed by atoms with Crippen molar-refractivity contribution < 1.29 is 28.2 Å². The first-order chi connectivity index (χ1) is 9.90. The number of carbonyl (C=O) groups is 2. The van der Waals surface area contributed by atoms with Crippen LogP contribution in [0.25, 0.3) is 0 Å². The van der Waals surface area contributed by atoms with Crippen molar-refractivity contribution in [1.82, 2.24) is 5.32 Å². The number of carboxylic acid groups (broad SMARTS) is 1. The third kappa shape index (κ3) is 3.98. The van der Waals surface area contributed by atoms with E-state index >= 15 is 0 Å². The number of carbonyl (C=O) groups excluding carboxylic acids is 1. The molecule has 1 atom stereocenters. The molecule has 114 valence electrons. The van der Waals surface area contributed by atoms with Gasteiger partial charge in [-0.1, -0.05) is 6.07 Å². The van der Waals surface area contributed by atoms with E-state index in [1.165, 1.54) is 6.07 Å². The smallest absolute Gasteiger partial charge is 0.305 e. The topological polar surface area (TPSA) is 75.6 Å². The first-order valence-corrected chi connectivity index (χ1v) is 6.45. The molecule has 1 saturated heterocycles. The first kappa shape index (κ1) is 15.4. The Morgan fingerprint density at radius 1 is 1.33 bits per heavy atom. The molecule has 5 nitrogen and oxygen atoms in total. The van der Waals surface area contributed by atoms with Crippen molar-refractivity contribution in [2.45, 2.75) is 24.8 Å². The summed E-state index contributed by atoms with van der Waals surface area (Å²) in [5.41, 5.74) is -0.614. The van der Waals surface area contributed by atoms with Crippen LogP contribution >= 0.6 is 0 Å². The second-order valence-corrected chi connectivity index (χ2v) is 5.13. The molecule has 7 heteroatoms. The lowest BCUT2D eigenvalue weighted by Gasteiger charge is -2.27. The number of hydrogen-bond acceptors (Lipinski definition) is 3. The third-order valence-electron chi connectivity index (χ3n) is 3.35. The van der Waals surface area contributed by atoms with Crippen LogP contribution < -0.4 is 5.32 Å². The molecule has 0 aromatic heterocycles. The van der Waals surface area contributed by atoms with Gasteiger partial charge < -0.3 is 15.2 Å². The molecule has 0 saturated carbocycles. The van der Waals surface area contributed by atoms with E-state index in [1.807, 2.05) is 0 Å². The maximum Gasteiger partial charge on any atom is 0.305 e. The highest BCUT2D eigenvalue weighted by Gasteiger charge is 2.38. The fourth-order valence-electron chi connectivity index (χ4n) is 2.35. The van der Waals surface area contributed by atoms with Gasteiger partial charge in [-0.05, 0) is 24.1 Å². The maximum absolute atomic E-state index is 13.1. The van der Waals surface area contributed by atoms with Gasteiger partial charge in [-0.15, -0.1) is 0 Å². The highest BCUT2D eigenvalue weighted by Crippen LogP contribution is 2.23. The van der Waals surface area contributed by atoms with E-state index in [0.717, 1.165) is 12.1 Å². The van der Waals surface area contributed by atoms with Gasteiger partial charge >= 0.3 is 5.97 Å². The Hall–Kier alpha value is -2.02. The normalized spacial score (nSPS) is 21.2. The number of hydrogen-bond donors (Lipinski definition) is 2. The molecule has 1 fully saturated rings. The predicted octanol–water partition coefficient (Wildman–Crippen LogP) is 1.26. The summed E-state index contributed by atoms with van der Waals surface area (Å²) in [6.07, 6.45) is 0.0118. The molecule has 1 amide bonds. The fourth-order valence-corrected chi connectivity index (χ4v) is 2.35. The highest BCUT2D eigenvalue weighted by atomic mass is 19.2. The summed E-state index contributed by atoms with van der Waals surface area (Å²) < 4.78 is 31.0. The molecule has 1 aromatic carbocycles. The number of benzene rings is 1. The Bertz CT molecular complexity index is 556. The van der Waals surface area contributed by atoms with Gasteiger partial charge in [0.15, 0.2) is 11.6 Å². The lowest BCUT2D eigenvalue weighted by Crippen LogP contribution is -2.51. The Morgan fingerprint density at radius 2 is 2.10 bits per heavy atom. The van der Waals surface area contributed by atoms with E-state index in [9.17, 15) is 18.4 Å². The minimum absolute atomic E-state index is 0.128.